The molecule has 1 amide bonds. The summed E-state index contributed by atoms with van der Waals surface area (Å²) in [6.45, 7) is 2.03. The van der Waals surface area contributed by atoms with E-state index in [0.717, 1.165) is 5.75 Å². The molecule has 0 fully saturated rings. The molecule has 2 aromatic rings. The van der Waals surface area contributed by atoms with Crippen LogP contribution in [0.1, 0.15) is 6.92 Å². The standard InChI is InChI=1S/C18H19Cl2NO4/c1-12(10-24-15-6-4-14(23-2)5-7-15)21-18(22)11-25-17-8-3-13(19)9-16(17)20/h3-9,12H,10-11H2,1-2H3,(H,21,22)/t12-/m1/s1. The van der Waals surface area contributed by atoms with Crippen molar-refractivity contribution in [3.05, 3.63) is 52.5 Å². The molecule has 0 aromatic heterocycles. The van der Waals surface area contributed by atoms with Crippen molar-refractivity contribution < 1.29 is 19.0 Å². The first-order chi connectivity index (χ1) is 12.0. The van der Waals surface area contributed by atoms with E-state index in [1.54, 1.807) is 37.4 Å². The average Bonchev–Trinajstić information content (AvgIpc) is 2.59. The van der Waals surface area contributed by atoms with Crippen LogP contribution in [0, 0.1) is 0 Å². The number of halogens is 2. The van der Waals surface area contributed by atoms with Crippen LogP contribution in [0.15, 0.2) is 42.5 Å². The first-order valence-corrected chi connectivity index (χ1v) is 8.37. The number of rotatable bonds is 8. The van der Waals surface area contributed by atoms with E-state index in [1.807, 2.05) is 19.1 Å². The molecule has 0 aliphatic heterocycles. The Hall–Kier alpha value is -2.11. The number of carbonyl (C=O) groups excluding carboxylic acids is 1. The fraction of sp³-hybridized carbons (Fsp3) is 0.278. The summed E-state index contributed by atoms with van der Waals surface area (Å²) in [4.78, 5) is 11.9. The van der Waals surface area contributed by atoms with Gasteiger partial charge in [-0.25, -0.2) is 0 Å². The van der Waals surface area contributed by atoms with Gasteiger partial charge >= 0.3 is 0 Å². The zero-order chi connectivity index (χ0) is 18.2. The number of methoxy groups -OCH3 is 1. The molecule has 1 N–H and O–H groups in total. The molecule has 5 nitrogen and oxygen atoms in total. The number of hydrogen-bond acceptors (Lipinski definition) is 4. The number of nitrogens with one attached hydrogen (secondary N) is 1. The molecule has 0 bridgehead atoms. The van der Waals surface area contributed by atoms with Crippen LogP contribution in [0.3, 0.4) is 0 Å². The predicted molar refractivity (Wildman–Crippen MR) is 98.1 cm³/mol. The second-order valence-corrected chi connectivity index (χ2v) is 6.16. The fourth-order valence-electron chi connectivity index (χ4n) is 1.99. The molecule has 7 heteroatoms. The summed E-state index contributed by atoms with van der Waals surface area (Å²) in [7, 11) is 1.60. The Labute approximate surface area is 156 Å². The largest absolute Gasteiger partial charge is 0.497 e. The average molecular weight is 384 g/mol. The van der Waals surface area contributed by atoms with Crippen LogP contribution in [-0.4, -0.2) is 32.3 Å². The highest BCUT2D eigenvalue weighted by atomic mass is 35.5. The molecular formula is C18H19Cl2NO4. The van der Waals surface area contributed by atoms with Crippen LogP contribution in [0.25, 0.3) is 0 Å². The normalized spacial score (nSPS) is 11.5. The SMILES string of the molecule is COc1ccc(OC[C@@H](C)NC(=O)COc2ccc(Cl)cc2Cl)cc1. The molecule has 1 atom stereocenters. The van der Waals surface area contributed by atoms with Crippen LogP contribution < -0.4 is 19.5 Å². The second kappa shape index (κ2) is 9.39. The van der Waals surface area contributed by atoms with Crippen molar-refractivity contribution in [2.24, 2.45) is 0 Å². The predicted octanol–water partition coefficient (Wildman–Crippen LogP) is 3.96. The van der Waals surface area contributed by atoms with Gasteiger partial charge in [-0.1, -0.05) is 23.2 Å². The van der Waals surface area contributed by atoms with Gasteiger partial charge in [0, 0.05) is 5.02 Å². The summed E-state index contributed by atoms with van der Waals surface area (Å²) in [5.41, 5.74) is 0. The lowest BCUT2D eigenvalue weighted by Gasteiger charge is -2.16. The Kier molecular flexibility index (Phi) is 7.22. The summed E-state index contributed by atoms with van der Waals surface area (Å²) in [5, 5.41) is 3.65. The number of benzene rings is 2. The summed E-state index contributed by atoms with van der Waals surface area (Å²) < 4.78 is 16.1. The minimum Gasteiger partial charge on any atom is -0.497 e. The minimum absolute atomic E-state index is 0.145. The molecule has 0 saturated heterocycles. The van der Waals surface area contributed by atoms with Crippen molar-refractivity contribution in [3.63, 3.8) is 0 Å². The fourth-order valence-corrected chi connectivity index (χ4v) is 2.45. The van der Waals surface area contributed by atoms with Crippen molar-refractivity contribution in [1.29, 1.82) is 0 Å². The monoisotopic (exact) mass is 383 g/mol. The zero-order valence-electron chi connectivity index (χ0n) is 13.9. The summed E-state index contributed by atoms with van der Waals surface area (Å²) in [6, 6.07) is 11.9. The molecule has 25 heavy (non-hydrogen) atoms. The molecule has 0 aliphatic rings. The van der Waals surface area contributed by atoms with Crippen molar-refractivity contribution >= 4 is 29.1 Å². The van der Waals surface area contributed by atoms with Gasteiger partial charge in [0.1, 0.15) is 23.9 Å². The highest BCUT2D eigenvalue weighted by Gasteiger charge is 2.10. The van der Waals surface area contributed by atoms with Gasteiger partial charge in [0.15, 0.2) is 6.61 Å². The minimum atomic E-state index is -0.267. The molecule has 0 saturated carbocycles. The molecular weight excluding hydrogens is 365 g/mol. The van der Waals surface area contributed by atoms with Gasteiger partial charge < -0.3 is 19.5 Å². The van der Waals surface area contributed by atoms with E-state index in [1.165, 1.54) is 0 Å². The lowest BCUT2D eigenvalue weighted by atomic mass is 10.3. The molecule has 2 rings (SSSR count). The Morgan fingerprint density at radius 2 is 1.76 bits per heavy atom. The maximum Gasteiger partial charge on any atom is 0.258 e. The molecule has 0 aliphatic carbocycles. The summed E-state index contributed by atoms with van der Waals surface area (Å²) in [6.07, 6.45) is 0. The quantitative estimate of drug-likeness (QED) is 0.749. The second-order valence-electron chi connectivity index (χ2n) is 5.32. The third kappa shape index (κ3) is 6.36. The third-order valence-corrected chi connectivity index (χ3v) is 3.75. The highest BCUT2D eigenvalue weighted by molar-refractivity contribution is 6.35. The first kappa shape index (κ1) is 19.2. The molecule has 0 unspecified atom stereocenters. The number of amides is 1. The van der Waals surface area contributed by atoms with Crippen LogP contribution in [0.2, 0.25) is 10.0 Å². The van der Waals surface area contributed by atoms with Crippen LogP contribution in [0.5, 0.6) is 17.2 Å². The Bertz CT molecular complexity index is 707. The molecule has 0 spiro atoms. The van der Waals surface area contributed by atoms with Gasteiger partial charge in [-0.3, -0.25) is 4.79 Å². The molecule has 0 heterocycles. The molecule has 0 radical (unpaired) electrons. The zero-order valence-corrected chi connectivity index (χ0v) is 15.4. The van der Waals surface area contributed by atoms with Crippen molar-refractivity contribution in [1.82, 2.24) is 5.32 Å². The van der Waals surface area contributed by atoms with E-state index < -0.39 is 0 Å². The molecule has 2 aromatic carbocycles. The summed E-state index contributed by atoms with van der Waals surface area (Å²) in [5.74, 6) is 1.60. The van der Waals surface area contributed by atoms with E-state index in [4.69, 9.17) is 37.4 Å². The van der Waals surface area contributed by atoms with E-state index in [0.29, 0.717) is 28.2 Å². The highest BCUT2D eigenvalue weighted by Crippen LogP contribution is 2.27. The van der Waals surface area contributed by atoms with Crippen molar-refractivity contribution in [3.8, 4) is 17.2 Å². The van der Waals surface area contributed by atoms with Crippen molar-refractivity contribution in [2.45, 2.75) is 13.0 Å². The van der Waals surface area contributed by atoms with Crippen molar-refractivity contribution in [2.75, 3.05) is 20.3 Å². The first-order valence-electron chi connectivity index (χ1n) is 7.62. The number of ether oxygens (including phenoxy) is 3. The van der Waals surface area contributed by atoms with E-state index >= 15 is 0 Å². The maximum absolute atomic E-state index is 11.9. The Balaban J connectivity index is 1.73. The Morgan fingerprint density at radius 3 is 2.40 bits per heavy atom. The lowest BCUT2D eigenvalue weighted by molar-refractivity contribution is -0.123. The van der Waals surface area contributed by atoms with Crippen LogP contribution in [0.4, 0.5) is 0 Å². The van der Waals surface area contributed by atoms with Gasteiger partial charge in [0.05, 0.1) is 18.2 Å². The summed E-state index contributed by atoms with van der Waals surface area (Å²) >= 11 is 11.8. The van der Waals surface area contributed by atoms with Gasteiger partial charge in [-0.05, 0) is 49.4 Å². The van der Waals surface area contributed by atoms with Crippen LogP contribution in [-0.2, 0) is 4.79 Å². The number of hydrogen-bond donors (Lipinski definition) is 1. The maximum atomic E-state index is 11.9. The topological polar surface area (TPSA) is 56.8 Å². The lowest BCUT2D eigenvalue weighted by Crippen LogP contribution is -2.39. The van der Waals surface area contributed by atoms with E-state index in [2.05, 4.69) is 5.32 Å². The smallest absolute Gasteiger partial charge is 0.258 e. The van der Waals surface area contributed by atoms with E-state index in [-0.39, 0.29) is 18.6 Å². The van der Waals surface area contributed by atoms with Gasteiger partial charge in [-0.2, -0.15) is 0 Å². The molecule has 134 valence electrons. The van der Waals surface area contributed by atoms with E-state index in [9.17, 15) is 4.79 Å². The van der Waals surface area contributed by atoms with Crippen LogP contribution >= 0.6 is 23.2 Å². The third-order valence-electron chi connectivity index (χ3n) is 3.22. The van der Waals surface area contributed by atoms with Gasteiger partial charge in [-0.15, -0.1) is 0 Å². The number of carbonyl (C=O) groups is 1. The van der Waals surface area contributed by atoms with Gasteiger partial charge in [0.2, 0.25) is 0 Å². The Morgan fingerprint density at radius 1 is 1.08 bits per heavy atom. The van der Waals surface area contributed by atoms with Gasteiger partial charge in [0.25, 0.3) is 5.91 Å².